The van der Waals surface area contributed by atoms with Crippen LogP contribution in [0.1, 0.15) is 49.9 Å². The number of aryl methyl sites for hydroxylation is 1. The van der Waals surface area contributed by atoms with Gasteiger partial charge in [-0.05, 0) is 36.8 Å². The van der Waals surface area contributed by atoms with Gasteiger partial charge in [0.2, 0.25) is 5.91 Å². The van der Waals surface area contributed by atoms with E-state index in [1.165, 1.54) is 30.4 Å². The number of carbonyl (C=O) groups is 1. The normalized spacial score (nSPS) is 30.8. The van der Waals surface area contributed by atoms with E-state index in [0.29, 0.717) is 18.5 Å². The molecule has 108 valence electrons. The van der Waals surface area contributed by atoms with Crippen molar-refractivity contribution in [1.29, 1.82) is 0 Å². The van der Waals surface area contributed by atoms with E-state index in [1.54, 1.807) is 0 Å². The summed E-state index contributed by atoms with van der Waals surface area (Å²) in [6.07, 6.45) is 5.02. The van der Waals surface area contributed by atoms with Crippen molar-refractivity contribution in [1.82, 2.24) is 10.2 Å². The van der Waals surface area contributed by atoms with Gasteiger partial charge in [0.25, 0.3) is 0 Å². The molecule has 0 spiro atoms. The molecule has 1 saturated carbocycles. The number of amides is 1. The molecule has 1 aliphatic heterocycles. The molecule has 0 radical (unpaired) electrons. The van der Waals surface area contributed by atoms with Crippen LogP contribution >= 0.6 is 0 Å². The van der Waals surface area contributed by atoms with Crippen LogP contribution in [0.15, 0.2) is 24.3 Å². The highest BCUT2D eigenvalue weighted by Crippen LogP contribution is 2.35. The van der Waals surface area contributed by atoms with E-state index in [-0.39, 0.29) is 12.1 Å². The molecule has 3 rings (SSSR count). The molecule has 1 heterocycles. The highest BCUT2D eigenvalue weighted by Gasteiger charge is 2.39. The Hall–Kier alpha value is -1.35. The Labute approximate surface area is 121 Å². The maximum Gasteiger partial charge on any atom is 0.238 e. The van der Waals surface area contributed by atoms with E-state index >= 15 is 0 Å². The topological polar surface area (TPSA) is 32.3 Å². The van der Waals surface area contributed by atoms with Crippen molar-refractivity contribution < 1.29 is 4.79 Å². The van der Waals surface area contributed by atoms with Gasteiger partial charge >= 0.3 is 0 Å². The van der Waals surface area contributed by atoms with Gasteiger partial charge in [0, 0.05) is 6.04 Å². The van der Waals surface area contributed by atoms with Gasteiger partial charge in [0.05, 0.1) is 6.54 Å². The summed E-state index contributed by atoms with van der Waals surface area (Å²) in [5, 5.41) is 3.41. The minimum atomic E-state index is 0.0641. The summed E-state index contributed by atoms with van der Waals surface area (Å²) in [4.78, 5) is 14.5. The zero-order valence-electron chi connectivity index (χ0n) is 12.4. The molecular formula is C17H24N2O. The minimum absolute atomic E-state index is 0.0641. The first-order valence-electron chi connectivity index (χ1n) is 7.78. The smallest absolute Gasteiger partial charge is 0.238 e. The maximum absolute atomic E-state index is 12.4. The molecule has 1 aliphatic carbocycles. The lowest BCUT2D eigenvalue weighted by molar-refractivity contribution is -0.132. The summed E-state index contributed by atoms with van der Waals surface area (Å²) in [6, 6.07) is 8.79. The Balaban J connectivity index is 1.90. The van der Waals surface area contributed by atoms with Crippen LogP contribution in [0.25, 0.3) is 0 Å². The predicted molar refractivity (Wildman–Crippen MR) is 80.2 cm³/mol. The molecule has 1 amide bonds. The van der Waals surface area contributed by atoms with Gasteiger partial charge in [-0.2, -0.15) is 0 Å². The third-order valence-corrected chi connectivity index (χ3v) is 4.92. The van der Waals surface area contributed by atoms with Crippen LogP contribution in [0.4, 0.5) is 0 Å². The zero-order chi connectivity index (χ0) is 14.1. The minimum Gasteiger partial charge on any atom is -0.319 e. The summed E-state index contributed by atoms with van der Waals surface area (Å²) >= 11 is 0. The Morgan fingerprint density at radius 2 is 1.95 bits per heavy atom. The van der Waals surface area contributed by atoms with Gasteiger partial charge in [-0.3, -0.25) is 10.1 Å². The van der Waals surface area contributed by atoms with Crippen LogP contribution in [0.3, 0.4) is 0 Å². The van der Waals surface area contributed by atoms with Gasteiger partial charge < -0.3 is 4.90 Å². The third kappa shape index (κ3) is 2.35. The summed E-state index contributed by atoms with van der Waals surface area (Å²) in [6.45, 7) is 4.90. The molecular weight excluding hydrogens is 248 g/mol. The molecule has 2 fully saturated rings. The SMILES string of the molecule is Cc1ccccc1C1NCC(=O)N1C1CCCCC1C. The van der Waals surface area contributed by atoms with Crippen molar-refractivity contribution in [2.45, 2.75) is 51.7 Å². The fraction of sp³-hybridized carbons (Fsp3) is 0.588. The molecule has 3 unspecified atom stereocenters. The van der Waals surface area contributed by atoms with Crippen LogP contribution in [0.5, 0.6) is 0 Å². The molecule has 1 saturated heterocycles. The summed E-state index contributed by atoms with van der Waals surface area (Å²) in [5.74, 6) is 0.871. The fourth-order valence-electron chi connectivity index (χ4n) is 3.76. The highest BCUT2D eigenvalue weighted by atomic mass is 16.2. The lowest BCUT2D eigenvalue weighted by Crippen LogP contribution is -2.44. The number of rotatable bonds is 2. The lowest BCUT2D eigenvalue weighted by Gasteiger charge is -2.39. The van der Waals surface area contributed by atoms with Gasteiger partial charge in [0.15, 0.2) is 0 Å². The van der Waals surface area contributed by atoms with E-state index in [4.69, 9.17) is 0 Å². The zero-order valence-corrected chi connectivity index (χ0v) is 12.4. The molecule has 1 aromatic rings. The van der Waals surface area contributed by atoms with Crippen molar-refractivity contribution in [3.8, 4) is 0 Å². The molecule has 3 heteroatoms. The Morgan fingerprint density at radius 3 is 2.70 bits per heavy atom. The Kier molecular flexibility index (Phi) is 3.79. The van der Waals surface area contributed by atoms with Crippen LogP contribution in [-0.2, 0) is 4.79 Å². The molecule has 20 heavy (non-hydrogen) atoms. The molecule has 3 atom stereocenters. The van der Waals surface area contributed by atoms with Gasteiger partial charge in [-0.25, -0.2) is 0 Å². The Morgan fingerprint density at radius 1 is 1.20 bits per heavy atom. The number of nitrogens with zero attached hydrogens (tertiary/aromatic N) is 1. The predicted octanol–water partition coefficient (Wildman–Crippen LogP) is 3.00. The number of nitrogens with one attached hydrogen (secondary N) is 1. The van der Waals surface area contributed by atoms with E-state index in [0.717, 1.165) is 6.42 Å². The maximum atomic E-state index is 12.4. The number of benzene rings is 1. The van der Waals surface area contributed by atoms with Crippen LogP contribution in [0.2, 0.25) is 0 Å². The summed E-state index contributed by atoms with van der Waals surface area (Å²) in [7, 11) is 0. The number of hydrogen-bond acceptors (Lipinski definition) is 2. The molecule has 1 aromatic carbocycles. The standard InChI is InChI=1S/C17H24N2O/c1-12-7-3-5-9-14(12)17-18-11-16(20)19(17)15-10-6-4-8-13(15)2/h3,5,7,9,13,15,17-18H,4,6,8,10-11H2,1-2H3. The monoisotopic (exact) mass is 272 g/mol. The lowest BCUT2D eigenvalue weighted by atomic mass is 9.84. The van der Waals surface area contributed by atoms with Crippen molar-refractivity contribution in [2.75, 3.05) is 6.54 Å². The van der Waals surface area contributed by atoms with Crippen molar-refractivity contribution in [3.63, 3.8) is 0 Å². The van der Waals surface area contributed by atoms with E-state index in [2.05, 4.69) is 48.3 Å². The quantitative estimate of drug-likeness (QED) is 0.897. The fourth-order valence-corrected chi connectivity index (χ4v) is 3.76. The molecule has 3 nitrogen and oxygen atoms in total. The largest absolute Gasteiger partial charge is 0.319 e. The van der Waals surface area contributed by atoms with Crippen molar-refractivity contribution in [3.05, 3.63) is 35.4 Å². The van der Waals surface area contributed by atoms with Crippen LogP contribution in [0, 0.1) is 12.8 Å². The second kappa shape index (κ2) is 5.57. The van der Waals surface area contributed by atoms with Gasteiger partial charge in [0.1, 0.15) is 6.17 Å². The van der Waals surface area contributed by atoms with Gasteiger partial charge in [-0.15, -0.1) is 0 Å². The third-order valence-electron chi connectivity index (χ3n) is 4.92. The van der Waals surface area contributed by atoms with E-state index in [9.17, 15) is 4.79 Å². The van der Waals surface area contributed by atoms with E-state index in [1.807, 2.05) is 0 Å². The average molecular weight is 272 g/mol. The average Bonchev–Trinajstić information content (AvgIpc) is 2.82. The second-order valence-electron chi connectivity index (χ2n) is 6.27. The van der Waals surface area contributed by atoms with Gasteiger partial charge in [-0.1, -0.05) is 44.0 Å². The van der Waals surface area contributed by atoms with E-state index < -0.39 is 0 Å². The first kappa shape index (κ1) is 13.6. The molecule has 0 bridgehead atoms. The van der Waals surface area contributed by atoms with Crippen LogP contribution in [-0.4, -0.2) is 23.4 Å². The van der Waals surface area contributed by atoms with Crippen molar-refractivity contribution >= 4 is 5.91 Å². The van der Waals surface area contributed by atoms with Crippen LogP contribution < -0.4 is 5.32 Å². The first-order chi connectivity index (χ1) is 9.68. The highest BCUT2D eigenvalue weighted by molar-refractivity contribution is 5.81. The number of hydrogen-bond donors (Lipinski definition) is 1. The summed E-state index contributed by atoms with van der Waals surface area (Å²) < 4.78 is 0. The first-order valence-corrected chi connectivity index (χ1v) is 7.78. The molecule has 1 N–H and O–H groups in total. The second-order valence-corrected chi connectivity index (χ2v) is 6.27. The summed E-state index contributed by atoms with van der Waals surface area (Å²) in [5.41, 5.74) is 2.50. The molecule has 0 aromatic heterocycles. The van der Waals surface area contributed by atoms with Crippen molar-refractivity contribution in [2.24, 2.45) is 5.92 Å². The molecule has 2 aliphatic rings. The number of carbonyl (C=O) groups excluding carboxylic acids is 1. The Bertz CT molecular complexity index is 500.